The molecule has 0 radical (unpaired) electrons. The number of carbonyl (C=O) groups is 2. The lowest BCUT2D eigenvalue weighted by Crippen LogP contribution is -2.49. The molecule has 0 heterocycles. The molecule has 18 nitrogen and oxygen atoms in total. The molecular formula is C51H66Cl4N6O12S2. The lowest BCUT2D eigenvalue weighted by molar-refractivity contribution is -0.141. The zero-order valence-corrected chi connectivity index (χ0v) is 47.4. The van der Waals surface area contributed by atoms with Crippen molar-refractivity contribution in [2.75, 3.05) is 107 Å². The molecule has 0 spiro atoms. The van der Waals surface area contributed by atoms with E-state index >= 15 is 0 Å². The van der Waals surface area contributed by atoms with Gasteiger partial charge in [-0.05, 0) is 139 Å². The summed E-state index contributed by atoms with van der Waals surface area (Å²) in [6.07, 6.45) is 0.688. The maximum absolute atomic E-state index is 12.9. The number of hydrogen-bond acceptors (Lipinski definition) is 14. The number of fused-ring (bicyclic) bond motifs is 2. The second-order valence-electron chi connectivity index (χ2n) is 18.8. The number of hydrogen-bond donors (Lipinski definition) is 4. The summed E-state index contributed by atoms with van der Waals surface area (Å²) in [7, 11) is 0.231. The lowest BCUT2D eigenvalue weighted by Gasteiger charge is -2.27. The van der Waals surface area contributed by atoms with Gasteiger partial charge in [-0.25, -0.2) is 26.3 Å². The number of likely N-dealkylation sites (N-methyl/N-ethyl adjacent to an activating group) is 2. The number of halogens is 4. The molecule has 4 atom stereocenters. The van der Waals surface area contributed by atoms with Crippen molar-refractivity contribution >= 4 is 78.3 Å². The first-order valence-corrected chi connectivity index (χ1v) is 28.8. The van der Waals surface area contributed by atoms with Crippen molar-refractivity contribution < 1.29 is 54.8 Å². The fraction of sp³-hybridized carbons (Fsp3) is 0.490. The van der Waals surface area contributed by atoms with Crippen molar-refractivity contribution in [3.63, 3.8) is 0 Å². The van der Waals surface area contributed by atoms with E-state index in [1.807, 2.05) is 40.3 Å². The van der Waals surface area contributed by atoms with E-state index in [9.17, 15) is 26.4 Å². The molecule has 0 aromatic heterocycles. The molecule has 6 rings (SSSR count). The molecular weight excluding hydrogens is 1090 g/mol. The highest BCUT2D eigenvalue weighted by molar-refractivity contribution is 7.89. The summed E-state index contributed by atoms with van der Waals surface area (Å²) in [6, 6.07) is 19.5. The van der Waals surface area contributed by atoms with Gasteiger partial charge in [0.25, 0.3) is 0 Å². The fourth-order valence-corrected chi connectivity index (χ4v) is 11.6. The van der Waals surface area contributed by atoms with Gasteiger partial charge >= 0.3 is 0 Å². The number of rotatable bonds is 30. The van der Waals surface area contributed by atoms with E-state index in [2.05, 4.69) is 29.9 Å². The molecule has 4 N–H and O–H groups in total. The molecule has 0 saturated carbocycles. The number of nitrogens with one attached hydrogen (secondary N) is 4. The maximum atomic E-state index is 12.9. The Morgan fingerprint density at radius 3 is 1.20 bits per heavy atom. The van der Waals surface area contributed by atoms with E-state index in [0.29, 0.717) is 44.4 Å². The Labute approximate surface area is 460 Å². The van der Waals surface area contributed by atoms with Crippen LogP contribution in [0.15, 0.2) is 82.6 Å². The second-order valence-corrected chi connectivity index (χ2v) is 24.0. The smallest absolute Gasteiger partial charge is 0.240 e. The van der Waals surface area contributed by atoms with E-state index in [0.717, 1.165) is 22.3 Å². The first-order valence-electron chi connectivity index (χ1n) is 24.3. The average molecular weight is 1160 g/mol. The van der Waals surface area contributed by atoms with Gasteiger partial charge in [0, 0.05) is 57.4 Å². The van der Waals surface area contributed by atoms with E-state index in [4.69, 9.17) is 74.8 Å². The van der Waals surface area contributed by atoms with Crippen LogP contribution in [0.25, 0.3) is 0 Å². The second kappa shape index (κ2) is 27.7. The first kappa shape index (κ1) is 60.4. The number of carbonyl (C=O) groups excluding carboxylic acids is 2. The van der Waals surface area contributed by atoms with Crippen LogP contribution in [-0.2, 0) is 61.4 Å². The van der Waals surface area contributed by atoms with Crippen LogP contribution in [0.1, 0.15) is 48.3 Å². The molecule has 1 unspecified atom stereocenters. The van der Waals surface area contributed by atoms with E-state index in [1.165, 1.54) is 38.1 Å². The first-order chi connectivity index (χ1) is 35.6. The van der Waals surface area contributed by atoms with E-state index < -0.39 is 37.3 Å². The monoisotopic (exact) mass is 1160 g/mol. The number of benzene rings is 4. The van der Waals surface area contributed by atoms with Crippen LogP contribution in [0.5, 0.6) is 11.5 Å². The van der Waals surface area contributed by atoms with Crippen LogP contribution in [0.4, 0.5) is 0 Å². The van der Waals surface area contributed by atoms with Gasteiger partial charge in [0.15, 0.2) is 0 Å². The molecule has 4 aromatic rings. The Morgan fingerprint density at radius 1 is 0.533 bits per heavy atom. The molecule has 0 saturated heterocycles. The third kappa shape index (κ3) is 16.6. The van der Waals surface area contributed by atoms with E-state index in [-0.39, 0.29) is 113 Å². The van der Waals surface area contributed by atoms with Crippen molar-refractivity contribution in [1.82, 2.24) is 29.9 Å². The Hall–Kier alpha value is -3.84. The zero-order chi connectivity index (χ0) is 54.5. The van der Waals surface area contributed by atoms with Gasteiger partial charge in [0.2, 0.25) is 31.9 Å². The highest BCUT2D eigenvalue weighted by Crippen LogP contribution is 2.43. The van der Waals surface area contributed by atoms with Crippen LogP contribution < -0.4 is 29.6 Å². The molecule has 2 aliphatic carbocycles. The summed E-state index contributed by atoms with van der Waals surface area (Å²) >= 11 is 25.6. The molecule has 24 heteroatoms. The standard InChI is InChI=1S/C51H66Cl4N6O12S2/c1-51(2,49(62)56-15-19-68-23-25-70-21-17-58-74(64,65)37-11-7-35(8-12-37)72-47-41-27-33(52)29-43(54)39(41)31-45(47)60(3)4)50(63)57-16-20-69-24-26-71-22-18-59-75(66,67)38-13-9-36(10-14-38)73-48-42-28-34(53)30-44(55)40(42)32-46(48)61(5)6/h7-14,27-30,45-48,58-59H,15-26,31-32H2,1-6H3,(H,56,62)(H,57,63)/t45-,46?,47-,48-/m0/s1. The van der Waals surface area contributed by atoms with Crippen LogP contribution in [0, 0.1) is 5.41 Å². The zero-order valence-electron chi connectivity index (χ0n) is 42.8. The van der Waals surface area contributed by atoms with Gasteiger partial charge in [-0.1, -0.05) is 46.4 Å². The normalized spacial score (nSPS) is 17.5. The average Bonchev–Trinajstić information content (AvgIpc) is 3.91. The molecule has 2 aliphatic rings. The van der Waals surface area contributed by atoms with Gasteiger partial charge in [-0.3, -0.25) is 9.59 Å². The fourth-order valence-electron chi connectivity index (χ4n) is 8.44. The Balaban J connectivity index is 0.761. The van der Waals surface area contributed by atoms with Gasteiger partial charge in [0.05, 0.1) is 74.7 Å². The quantitative estimate of drug-likeness (QED) is 0.0344. The minimum absolute atomic E-state index is 0.00891. The summed E-state index contributed by atoms with van der Waals surface area (Å²) < 4.78 is 91.5. The molecule has 0 fully saturated rings. The Bertz CT molecular complexity index is 2610. The third-order valence-corrected chi connectivity index (χ3v) is 16.7. The summed E-state index contributed by atoms with van der Waals surface area (Å²) in [6.45, 7) is 4.71. The molecule has 0 aliphatic heterocycles. The lowest BCUT2D eigenvalue weighted by atomic mass is 9.91. The minimum Gasteiger partial charge on any atom is -0.484 e. The van der Waals surface area contributed by atoms with Crippen molar-refractivity contribution in [1.29, 1.82) is 0 Å². The summed E-state index contributed by atoms with van der Waals surface area (Å²) in [5.41, 5.74) is 2.40. The molecule has 412 valence electrons. The predicted octanol–water partition coefficient (Wildman–Crippen LogP) is 6.09. The van der Waals surface area contributed by atoms with Crippen LogP contribution >= 0.6 is 46.4 Å². The SMILES string of the molecule is CN(C)C1Cc2c(Cl)cc(Cl)cc2[C@@H]1Oc1ccc(S(=O)(=O)NCCOCCOCCNC(=O)C(C)(C)C(=O)NCCOCCOCCNS(=O)(=O)c2ccc(O[C@H]3c4cc(Cl)cc(Cl)c4C[C@@H]3N(C)C)cc2)cc1. The Kier molecular flexibility index (Phi) is 22.3. The third-order valence-electron chi connectivity index (χ3n) is 12.7. The van der Waals surface area contributed by atoms with Crippen LogP contribution in [0.3, 0.4) is 0 Å². The topological polar surface area (TPSA) is 212 Å². The van der Waals surface area contributed by atoms with Crippen LogP contribution in [0.2, 0.25) is 20.1 Å². The summed E-state index contributed by atoms with van der Waals surface area (Å²) in [5, 5.41) is 7.60. The number of nitrogens with zero attached hydrogens (tertiary/aromatic N) is 2. The highest BCUT2D eigenvalue weighted by Gasteiger charge is 2.39. The largest absolute Gasteiger partial charge is 0.484 e. The molecule has 4 aromatic carbocycles. The van der Waals surface area contributed by atoms with Crippen molar-refractivity contribution in [2.45, 2.75) is 60.8 Å². The summed E-state index contributed by atoms with van der Waals surface area (Å²) in [4.78, 5) is 29.9. The number of amides is 2. The van der Waals surface area contributed by atoms with Gasteiger partial charge < -0.3 is 48.9 Å². The number of ether oxygens (including phenoxy) is 6. The molecule has 0 bridgehead atoms. The van der Waals surface area contributed by atoms with Crippen molar-refractivity contribution in [3.05, 3.63) is 115 Å². The Morgan fingerprint density at radius 2 is 0.867 bits per heavy atom. The predicted molar refractivity (Wildman–Crippen MR) is 288 cm³/mol. The van der Waals surface area contributed by atoms with Gasteiger partial charge in [0.1, 0.15) is 29.1 Å². The van der Waals surface area contributed by atoms with Crippen molar-refractivity contribution in [2.24, 2.45) is 5.41 Å². The van der Waals surface area contributed by atoms with Gasteiger partial charge in [-0.2, -0.15) is 0 Å². The van der Waals surface area contributed by atoms with Gasteiger partial charge in [-0.15, -0.1) is 0 Å². The minimum atomic E-state index is -3.81. The van der Waals surface area contributed by atoms with Crippen LogP contribution in [-0.4, -0.2) is 158 Å². The van der Waals surface area contributed by atoms with E-state index in [1.54, 1.807) is 36.4 Å². The number of sulfonamides is 2. The van der Waals surface area contributed by atoms with Crippen molar-refractivity contribution in [3.8, 4) is 11.5 Å². The molecule has 2 amide bonds. The highest BCUT2D eigenvalue weighted by atomic mass is 35.5. The molecule has 75 heavy (non-hydrogen) atoms. The maximum Gasteiger partial charge on any atom is 0.240 e. The summed E-state index contributed by atoms with van der Waals surface area (Å²) in [5.74, 6) is 0.0336.